The van der Waals surface area contributed by atoms with Gasteiger partial charge in [0, 0.05) is 26.2 Å². The first-order chi connectivity index (χ1) is 11.6. The minimum absolute atomic E-state index is 0.0343. The number of nitrogens with zero attached hydrogens (tertiary/aromatic N) is 6. The summed E-state index contributed by atoms with van der Waals surface area (Å²) in [6, 6.07) is 7.99. The van der Waals surface area contributed by atoms with Crippen LogP contribution in [0.25, 0.3) is 0 Å². The molecule has 0 radical (unpaired) electrons. The monoisotopic (exact) mass is 328 g/mol. The van der Waals surface area contributed by atoms with Crippen molar-refractivity contribution in [3.05, 3.63) is 41.7 Å². The number of carbonyl (C=O) groups is 2. The maximum atomic E-state index is 12.4. The molecule has 2 heterocycles. The van der Waals surface area contributed by atoms with Gasteiger partial charge in [0.15, 0.2) is 0 Å². The van der Waals surface area contributed by atoms with E-state index in [0.29, 0.717) is 32.6 Å². The van der Waals surface area contributed by atoms with Crippen LogP contribution >= 0.6 is 0 Å². The summed E-state index contributed by atoms with van der Waals surface area (Å²) in [7, 11) is 0. The smallest absolute Gasteiger partial charge is 0.244 e. The zero-order chi connectivity index (χ0) is 16.9. The predicted molar refractivity (Wildman–Crippen MR) is 85.9 cm³/mol. The number of aryl methyl sites for hydroxylation is 1. The summed E-state index contributed by atoms with van der Waals surface area (Å²) in [6.07, 6.45) is 1.82. The van der Waals surface area contributed by atoms with Gasteiger partial charge in [0.1, 0.15) is 12.9 Å². The number of piperazine rings is 1. The average Bonchev–Trinajstić information content (AvgIpc) is 3.10. The number of benzene rings is 1. The summed E-state index contributed by atoms with van der Waals surface area (Å²) < 4.78 is 1.40. The number of hydrogen-bond acceptors (Lipinski definition) is 5. The van der Waals surface area contributed by atoms with Gasteiger partial charge >= 0.3 is 0 Å². The van der Waals surface area contributed by atoms with Gasteiger partial charge in [0.2, 0.25) is 11.8 Å². The van der Waals surface area contributed by atoms with E-state index in [1.165, 1.54) is 16.6 Å². The number of tetrazole rings is 1. The van der Waals surface area contributed by atoms with Crippen LogP contribution in [0.4, 0.5) is 0 Å². The van der Waals surface area contributed by atoms with Crippen LogP contribution in [0.3, 0.4) is 0 Å². The van der Waals surface area contributed by atoms with Crippen molar-refractivity contribution in [2.45, 2.75) is 19.9 Å². The fourth-order valence-corrected chi connectivity index (χ4v) is 2.69. The quantitative estimate of drug-likeness (QED) is 0.782. The van der Waals surface area contributed by atoms with Crippen LogP contribution in [0.1, 0.15) is 11.1 Å². The summed E-state index contributed by atoms with van der Waals surface area (Å²) in [5.74, 6) is 0.0689. The third kappa shape index (κ3) is 3.95. The maximum absolute atomic E-state index is 12.4. The molecule has 3 rings (SSSR count). The molecule has 1 aliphatic rings. The van der Waals surface area contributed by atoms with Crippen LogP contribution < -0.4 is 0 Å². The number of hydrogen-bond donors (Lipinski definition) is 0. The van der Waals surface area contributed by atoms with E-state index in [1.54, 1.807) is 4.90 Å². The Hall–Kier alpha value is -2.77. The van der Waals surface area contributed by atoms with E-state index in [2.05, 4.69) is 15.5 Å². The molecule has 0 unspecified atom stereocenters. The minimum Gasteiger partial charge on any atom is -0.339 e. The molecular weight excluding hydrogens is 308 g/mol. The van der Waals surface area contributed by atoms with Crippen molar-refractivity contribution in [2.24, 2.45) is 0 Å². The molecule has 8 heteroatoms. The molecule has 0 aliphatic carbocycles. The lowest BCUT2D eigenvalue weighted by atomic mass is 10.1. The standard InChI is InChI=1S/C16H20N6O2/c1-13-2-4-14(5-3-13)10-15(23)20-6-8-21(9-7-20)16(24)11-22-12-17-18-19-22/h2-5,12H,6-11H2,1H3. The highest BCUT2D eigenvalue weighted by Crippen LogP contribution is 2.09. The second kappa shape index (κ2) is 7.20. The molecular formula is C16H20N6O2. The predicted octanol–water partition coefficient (Wildman–Crippen LogP) is -0.105. The molecule has 1 aliphatic heterocycles. The second-order valence-corrected chi connectivity index (χ2v) is 5.93. The molecule has 126 valence electrons. The first-order valence-corrected chi connectivity index (χ1v) is 7.94. The molecule has 0 spiro atoms. The first-order valence-electron chi connectivity index (χ1n) is 7.94. The topological polar surface area (TPSA) is 84.2 Å². The van der Waals surface area contributed by atoms with E-state index in [0.717, 1.165) is 5.56 Å². The normalized spacial score (nSPS) is 14.7. The summed E-state index contributed by atoms with van der Waals surface area (Å²) in [6.45, 7) is 4.36. The summed E-state index contributed by atoms with van der Waals surface area (Å²) in [4.78, 5) is 28.1. The van der Waals surface area contributed by atoms with E-state index in [1.807, 2.05) is 36.1 Å². The van der Waals surface area contributed by atoms with Crippen LogP contribution in [0.2, 0.25) is 0 Å². The number of aromatic nitrogens is 4. The first kappa shape index (κ1) is 16.1. The molecule has 1 aromatic heterocycles. The highest BCUT2D eigenvalue weighted by molar-refractivity contribution is 5.80. The summed E-state index contributed by atoms with van der Waals surface area (Å²) in [5, 5.41) is 10.7. The molecule has 24 heavy (non-hydrogen) atoms. The van der Waals surface area contributed by atoms with E-state index in [9.17, 15) is 9.59 Å². The molecule has 0 bridgehead atoms. The molecule has 0 saturated carbocycles. The second-order valence-electron chi connectivity index (χ2n) is 5.93. The van der Waals surface area contributed by atoms with E-state index >= 15 is 0 Å². The Bertz CT molecular complexity index is 690. The Morgan fingerprint density at radius 3 is 2.21 bits per heavy atom. The molecule has 0 N–H and O–H groups in total. The van der Waals surface area contributed by atoms with Crippen molar-refractivity contribution in [1.82, 2.24) is 30.0 Å². The average molecular weight is 328 g/mol. The number of amides is 2. The van der Waals surface area contributed by atoms with Gasteiger partial charge in [0.05, 0.1) is 6.42 Å². The molecule has 1 saturated heterocycles. The van der Waals surface area contributed by atoms with Crippen molar-refractivity contribution in [2.75, 3.05) is 26.2 Å². The van der Waals surface area contributed by atoms with Gasteiger partial charge in [-0.3, -0.25) is 9.59 Å². The third-order valence-electron chi connectivity index (χ3n) is 4.15. The number of carbonyl (C=O) groups excluding carboxylic acids is 2. The Morgan fingerprint density at radius 2 is 1.62 bits per heavy atom. The fraction of sp³-hybridized carbons (Fsp3) is 0.438. The lowest BCUT2D eigenvalue weighted by Gasteiger charge is -2.34. The zero-order valence-corrected chi connectivity index (χ0v) is 13.6. The Kier molecular flexibility index (Phi) is 4.83. The van der Waals surface area contributed by atoms with Crippen molar-refractivity contribution in [1.29, 1.82) is 0 Å². The van der Waals surface area contributed by atoms with Gasteiger partial charge in [-0.15, -0.1) is 5.10 Å². The van der Waals surface area contributed by atoms with E-state index < -0.39 is 0 Å². The van der Waals surface area contributed by atoms with Crippen LogP contribution in [0, 0.1) is 6.92 Å². The van der Waals surface area contributed by atoms with Crippen LogP contribution in [0.5, 0.6) is 0 Å². The zero-order valence-electron chi connectivity index (χ0n) is 13.6. The van der Waals surface area contributed by atoms with Gasteiger partial charge < -0.3 is 9.80 Å². The Labute approximate surface area is 140 Å². The van der Waals surface area contributed by atoms with Gasteiger partial charge in [-0.1, -0.05) is 29.8 Å². The number of rotatable bonds is 4. The van der Waals surface area contributed by atoms with Crippen molar-refractivity contribution < 1.29 is 9.59 Å². The van der Waals surface area contributed by atoms with Crippen molar-refractivity contribution in [3.8, 4) is 0 Å². The third-order valence-corrected chi connectivity index (χ3v) is 4.15. The van der Waals surface area contributed by atoms with Gasteiger partial charge in [-0.25, -0.2) is 4.68 Å². The highest BCUT2D eigenvalue weighted by atomic mass is 16.2. The lowest BCUT2D eigenvalue weighted by Crippen LogP contribution is -2.51. The van der Waals surface area contributed by atoms with E-state index in [4.69, 9.17) is 0 Å². The Balaban J connectivity index is 1.48. The minimum atomic E-state index is -0.0343. The van der Waals surface area contributed by atoms with Crippen LogP contribution in [-0.2, 0) is 22.6 Å². The van der Waals surface area contributed by atoms with Crippen LogP contribution in [0.15, 0.2) is 30.6 Å². The largest absolute Gasteiger partial charge is 0.339 e. The lowest BCUT2D eigenvalue weighted by molar-refractivity contribution is -0.139. The highest BCUT2D eigenvalue weighted by Gasteiger charge is 2.24. The molecule has 0 atom stereocenters. The Morgan fingerprint density at radius 1 is 1.00 bits per heavy atom. The van der Waals surface area contributed by atoms with Crippen LogP contribution in [-0.4, -0.2) is 68.0 Å². The van der Waals surface area contributed by atoms with Gasteiger partial charge in [0.25, 0.3) is 0 Å². The molecule has 8 nitrogen and oxygen atoms in total. The molecule has 1 aromatic carbocycles. The van der Waals surface area contributed by atoms with Crippen molar-refractivity contribution >= 4 is 11.8 Å². The van der Waals surface area contributed by atoms with Crippen molar-refractivity contribution in [3.63, 3.8) is 0 Å². The molecule has 2 aromatic rings. The molecule has 1 fully saturated rings. The molecule has 2 amide bonds. The van der Waals surface area contributed by atoms with E-state index in [-0.39, 0.29) is 18.4 Å². The maximum Gasteiger partial charge on any atom is 0.244 e. The summed E-state index contributed by atoms with van der Waals surface area (Å²) >= 11 is 0. The van der Waals surface area contributed by atoms with Gasteiger partial charge in [-0.2, -0.15) is 0 Å². The SMILES string of the molecule is Cc1ccc(CC(=O)N2CCN(C(=O)Cn3cnnn3)CC2)cc1. The fourth-order valence-electron chi connectivity index (χ4n) is 2.69. The van der Waals surface area contributed by atoms with Gasteiger partial charge in [-0.05, 0) is 22.9 Å². The summed E-state index contributed by atoms with van der Waals surface area (Å²) in [5.41, 5.74) is 2.20.